The average Bonchev–Trinajstić information content (AvgIpc) is 2.50. The van der Waals surface area contributed by atoms with Gasteiger partial charge < -0.3 is 15.2 Å². The predicted molar refractivity (Wildman–Crippen MR) is 78.6 cm³/mol. The number of aliphatic hydroxyl groups excluding tert-OH is 1. The topological polar surface area (TPSA) is 41.5 Å². The zero-order valence-electron chi connectivity index (χ0n) is 14.9. The number of nitrogens with one attached hydrogen (secondary N) is 1. The zero-order chi connectivity index (χ0) is 17.1. The Labute approximate surface area is 119 Å². The second-order valence-corrected chi connectivity index (χ2v) is 4.45. The van der Waals surface area contributed by atoms with Gasteiger partial charge in [-0.2, -0.15) is 0 Å². The van der Waals surface area contributed by atoms with Gasteiger partial charge in [-0.3, -0.25) is 0 Å². The van der Waals surface area contributed by atoms with Crippen molar-refractivity contribution in [1.29, 1.82) is 0 Å². The third kappa shape index (κ3) is 3.94. The molecule has 0 fully saturated rings. The molecule has 3 heteroatoms. The molecule has 2 rings (SSSR count). The smallest absolute Gasteiger partial charge is 0.127 e. The average molecular weight is 263 g/mol. The van der Waals surface area contributed by atoms with Crippen LogP contribution in [-0.4, -0.2) is 30.4 Å². The second-order valence-electron chi connectivity index (χ2n) is 4.45. The minimum Gasteiger partial charge on any atom is -0.490 e. The highest BCUT2D eigenvalue weighted by Gasteiger charge is 2.07. The molecule has 2 unspecified atom stereocenters. The first kappa shape index (κ1) is 9.34. The molecule has 0 spiro atoms. The Balaban J connectivity index is 1.93. The van der Waals surface area contributed by atoms with E-state index in [0.29, 0.717) is 5.75 Å². The maximum Gasteiger partial charge on any atom is 0.127 e. The maximum atomic E-state index is 9.96. The number of benzene rings is 2. The predicted octanol–water partition coefficient (Wildman–Crippen LogP) is 2.58. The van der Waals surface area contributed by atoms with Crippen LogP contribution in [0.2, 0.25) is 0 Å². The molecule has 0 aliphatic carbocycles. The van der Waals surface area contributed by atoms with Crippen molar-refractivity contribution in [2.45, 2.75) is 25.9 Å². The summed E-state index contributed by atoms with van der Waals surface area (Å²) in [6, 6.07) is 11.6. The number of aliphatic hydroxyl groups is 1. The van der Waals surface area contributed by atoms with Gasteiger partial charge in [0.25, 0.3) is 0 Å². The van der Waals surface area contributed by atoms with E-state index in [2.05, 4.69) is 5.32 Å². The number of hydrogen-bond acceptors (Lipinski definition) is 3. The molecule has 2 N–H and O–H groups in total. The van der Waals surface area contributed by atoms with E-state index < -0.39 is 19.0 Å². The van der Waals surface area contributed by atoms with Gasteiger partial charge >= 0.3 is 0 Å². The molecule has 0 saturated carbocycles. The lowest BCUT2D eigenvalue weighted by atomic mass is 10.1. The van der Waals surface area contributed by atoms with E-state index >= 15 is 0 Å². The van der Waals surface area contributed by atoms with E-state index in [1.54, 1.807) is 0 Å². The highest BCUT2D eigenvalue weighted by Crippen LogP contribution is 2.25. The Hall–Kier alpha value is -1.58. The summed E-state index contributed by atoms with van der Waals surface area (Å²) in [4.78, 5) is 0. The lowest BCUT2D eigenvalue weighted by Gasteiger charge is -2.15. The van der Waals surface area contributed by atoms with E-state index in [0.717, 1.165) is 10.8 Å². The summed E-state index contributed by atoms with van der Waals surface area (Å²) in [5.41, 5.74) is 0. The third-order valence-electron chi connectivity index (χ3n) is 2.78. The number of hydrogen-bond donors (Lipinski definition) is 2. The van der Waals surface area contributed by atoms with Crippen molar-refractivity contribution in [2.24, 2.45) is 0 Å². The van der Waals surface area contributed by atoms with Crippen molar-refractivity contribution in [2.75, 3.05) is 13.2 Å². The maximum absolute atomic E-state index is 9.96. The normalized spacial score (nSPS) is 19.7. The van der Waals surface area contributed by atoms with Gasteiger partial charge in [-0.15, -0.1) is 0 Å². The summed E-state index contributed by atoms with van der Waals surface area (Å²) in [5, 5.41) is 14.5. The van der Waals surface area contributed by atoms with Crippen LogP contribution in [-0.2, 0) is 0 Å². The summed E-state index contributed by atoms with van der Waals surface area (Å²) in [6.45, 7) is -1.23. The number of rotatable bonds is 6. The minimum absolute atomic E-state index is 0.0120. The second kappa shape index (κ2) is 6.55. The fraction of sp³-hybridized carbons (Fsp3) is 0.375. The largest absolute Gasteiger partial charge is 0.490 e. The molecule has 2 atom stereocenters. The minimum atomic E-state index is -2.47. The first-order valence-electron chi connectivity index (χ1n) is 8.24. The Morgan fingerprint density at radius 2 is 2.11 bits per heavy atom. The molecule has 0 aliphatic heterocycles. The molecule has 19 heavy (non-hydrogen) atoms. The summed E-state index contributed by atoms with van der Waals surface area (Å²) < 4.78 is 35.2. The van der Waals surface area contributed by atoms with Crippen molar-refractivity contribution in [3.8, 4) is 5.75 Å². The molecule has 2 aromatic carbocycles. The Morgan fingerprint density at radius 3 is 2.95 bits per heavy atom. The Kier molecular flexibility index (Phi) is 3.22. The molecule has 0 heterocycles. The van der Waals surface area contributed by atoms with Crippen LogP contribution < -0.4 is 10.1 Å². The van der Waals surface area contributed by atoms with Gasteiger partial charge in [0.05, 0.1) is 0 Å². The van der Waals surface area contributed by atoms with E-state index in [1.165, 1.54) is 6.92 Å². The highest BCUT2D eigenvalue weighted by molar-refractivity contribution is 5.88. The van der Waals surface area contributed by atoms with Gasteiger partial charge in [-0.1, -0.05) is 50.2 Å². The lowest BCUT2D eigenvalue weighted by molar-refractivity contribution is 0.105. The fourth-order valence-corrected chi connectivity index (χ4v) is 1.84. The highest BCUT2D eigenvalue weighted by atomic mass is 16.5. The summed E-state index contributed by atoms with van der Waals surface area (Å²) in [5.74, 6) is 0.659. The van der Waals surface area contributed by atoms with Crippen LogP contribution >= 0.6 is 0 Å². The molecule has 102 valence electrons. The van der Waals surface area contributed by atoms with Gasteiger partial charge in [0.1, 0.15) is 18.5 Å². The van der Waals surface area contributed by atoms with E-state index in [9.17, 15) is 5.11 Å². The van der Waals surface area contributed by atoms with E-state index in [1.807, 2.05) is 42.5 Å². The van der Waals surface area contributed by atoms with Crippen LogP contribution in [0.5, 0.6) is 5.75 Å². The lowest BCUT2D eigenvalue weighted by Crippen LogP contribution is -2.35. The quantitative estimate of drug-likeness (QED) is 0.841. The molecule has 0 aromatic heterocycles. The van der Waals surface area contributed by atoms with Gasteiger partial charge in [0.2, 0.25) is 0 Å². The monoisotopic (exact) mass is 263 g/mol. The van der Waals surface area contributed by atoms with Crippen LogP contribution in [0.1, 0.15) is 19.3 Å². The number of ether oxygens (including phenoxy) is 1. The first-order chi connectivity index (χ1) is 10.7. The van der Waals surface area contributed by atoms with Crippen LogP contribution in [0.15, 0.2) is 42.5 Å². The third-order valence-corrected chi connectivity index (χ3v) is 2.78. The van der Waals surface area contributed by atoms with Crippen LogP contribution in [0.25, 0.3) is 10.8 Å². The standard InChI is InChI=1S/C16H21NO2/c1-12(2)17-10-14(18)11-19-16-9-5-7-13-6-3-4-8-15(13)16/h3-9,12,14,17-18H,10-11H2,1-2H3/i1D3,12D. The summed E-state index contributed by atoms with van der Waals surface area (Å²) in [7, 11) is 0. The Morgan fingerprint density at radius 1 is 1.32 bits per heavy atom. The van der Waals surface area contributed by atoms with Gasteiger partial charge in [-0.05, 0) is 11.5 Å². The molecular weight excluding hydrogens is 238 g/mol. The number of fused-ring (bicyclic) bond motifs is 1. The molecule has 0 amide bonds. The van der Waals surface area contributed by atoms with Gasteiger partial charge in [0, 0.05) is 23.4 Å². The Bertz CT molecular complexity index is 653. The molecule has 2 aromatic rings. The summed E-state index contributed by atoms with van der Waals surface area (Å²) in [6.07, 6.45) is -0.916. The molecule has 0 saturated heterocycles. The van der Waals surface area contributed by atoms with Crippen molar-refractivity contribution in [3.05, 3.63) is 42.5 Å². The van der Waals surface area contributed by atoms with Crippen LogP contribution in [0.4, 0.5) is 0 Å². The first-order valence-corrected chi connectivity index (χ1v) is 6.24. The molecule has 0 radical (unpaired) electrons. The van der Waals surface area contributed by atoms with Crippen molar-refractivity contribution >= 4 is 10.8 Å². The molecule has 0 aliphatic rings. The van der Waals surface area contributed by atoms with Gasteiger partial charge in [0.15, 0.2) is 0 Å². The van der Waals surface area contributed by atoms with E-state index in [-0.39, 0.29) is 13.2 Å². The van der Waals surface area contributed by atoms with E-state index in [4.69, 9.17) is 10.2 Å². The molecule has 3 nitrogen and oxygen atoms in total. The SMILES string of the molecule is [2H]C([2H])([2H])C([2H])(C)NCC(O)COc1cccc2ccccc12. The van der Waals surface area contributed by atoms with Crippen LogP contribution in [0, 0.1) is 0 Å². The van der Waals surface area contributed by atoms with Crippen molar-refractivity contribution in [3.63, 3.8) is 0 Å². The van der Waals surface area contributed by atoms with Crippen molar-refractivity contribution in [1.82, 2.24) is 5.32 Å². The molecule has 0 bridgehead atoms. The fourth-order valence-electron chi connectivity index (χ4n) is 1.84. The van der Waals surface area contributed by atoms with Crippen molar-refractivity contribution < 1.29 is 15.3 Å². The molecular formula is C16H21NO2. The zero-order valence-corrected chi connectivity index (χ0v) is 10.9. The summed E-state index contributed by atoms with van der Waals surface area (Å²) >= 11 is 0. The van der Waals surface area contributed by atoms with Crippen LogP contribution in [0.3, 0.4) is 0 Å². The van der Waals surface area contributed by atoms with Gasteiger partial charge in [-0.25, -0.2) is 0 Å².